The number of piperazine rings is 1. The summed E-state index contributed by atoms with van der Waals surface area (Å²) in [5.74, 6) is 1.47. The lowest BCUT2D eigenvalue weighted by molar-refractivity contribution is 0.403. The monoisotopic (exact) mass is 261 g/mol. The number of anilines is 1. The van der Waals surface area contributed by atoms with Crippen LogP contribution in [-0.4, -0.2) is 50.1 Å². The summed E-state index contributed by atoms with van der Waals surface area (Å²) in [4.78, 5) is 6.75. The second-order valence-corrected chi connectivity index (χ2v) is 5.23. The van der Waals surface area contributed by atoms with Crippen molar-refractivity contribution < 1.29 is 0 Å². The van der Waals surface area contributed by atoms with Gasteiger partial charge in [0.2, 0.25) is 5.95 Å². The predicted octanol–water partition coefficient (Wildman–Crippen LogP) is 0.392. The first-order valence-electron chi connectivity index (χ1n) is 6.55. The number of aromatic nitrogens is 5. The molecule has 3 rings (SSSR count). The van der Waals surface area contributed by atoms with Gasteiger partial charge >= 0.3 is 0 Å². The van der Waals surface area contributed by atoms with E-state index in [2.05, 4.69) is 44.3 Å². The molecule has 19 heavy (non-hydrogen) atoms. The first-order chi connectivity index (χ1) is 9.11. The molecule has 1 aliphatic heterocycles. The third-order valence-corrected chi connectivity index (χ3v) is 3.27. The molecule has 1 fully saturated rings. The van der Waals surface area contributed by atoms with Crippen molar-refractivity contribution >= 4 is 5.95 Å². The molecule has 0 aromatic carbocycles. The van der Waals surface area contributed by atoms with Crippen LogP contribution in [0.25, 0.3) is 11.5 Å². The van der Waals surface area contributed by atoms with Crippen LogP contribution < -0.4 is 10.2 Å². The maximum Gasteiger partial charge on any atom is 0.245 e. The van der Waals surface area contributed by atoms with Gasteiger partial charge in [-0.2, -0.15) is 10.1 Å². The first kappa shape index (κ1) is 12.2. The van der Waals surface area contributed by atoms with Crippen LogP contribution in [0.5, 0.6) is 0 Å². The maximum absolute atomic E-state index is 4.54. The largest absolute Gasteiger partial charge is 0.336 e. The van der Waals surface area contributed by atoms with Crippen molar-refractivity contribution in [3.63, 3.8) is 0 Å². The lowest BCUT2D eigenvalue weighted by Gasteiger charge is -2.35. The van der Waals surface area contributed by atoms with Crippen molar-refractivity contribution in [1.29, 1.82) is 0 Å². The van der Waals surface area contributed by atoms with E-state index >= 15 is 0 Å². The standard InChI is InChI=1S/C12H19N7/c1-8-6-19(7-9(2)13-8)12-14-11(15-16-12)10-4-5-18(3)17-10/h4-5,8-9,13H,6-7H2,1-3H3,(H,14,15,16). The summed E-state index contributed by atoms with van der Waals surface area (Å²) in [5.41, 5.74) is 0.817. The van der Waals surface area contributed by atoms with Gasteiger partial charge in [0, 0.05) is 38.4 Å². The molecule has 1 saturated heterocycles. The number of H-pyrrole nitrogens is 1. The van der Waals surface area contributed by atoms with E-state index < -0.39 is 0 Å². The quantitative estimate of drug-likeness (QED) is 0.818. The summed E-state index contributed by atoms with van der Waals surface area (Å²) in [6.45, 7) is 6.19. The molecule has 7 nitrogen and oxygen atoms in total. The Labute approximate surface area is 112 Å². The van der Waals surface area contributed by atoms with Gasteiger partial charge in [0.05, 0.1) is 0 Å². The Hall–Kier alpha value is -1.89. The van der Waals surface area contributed by atoms with Crippen molar-refractivity contribution in [2.75, 3.05) is 18.0 Å². The number of aryl methyl sites for hydroxylation is 1. The third kappa shape index (κ3) is 2.46. The highest BCUT2D eigenvalue weighted by Gasteiger charge is 2.24. The zero-order valence-electron chi connectivity index (χ0n) is 11.5. The average molecular weight is 261 g/mol. The summed E-state index contributed by atoms with van der Waals surface area (Å²) < 4.78 is 1.76. The molecule has 0 radical (unpaired) electrons. The molecule has 2 atom stereocenters. The smallest absolute Gasteiger partial charge is 0.245 e. The van der Waals surface area contributed by atoms with Crippen molar-refractivity contribution in [1.82, 2.24) is 30.3 Å². The molecule has 2 aromatic rings. The zero-order valence-corrected chi connectivity index (χ0v) is 11.5. The van der Waals surface area contributed by atoms with Crippen LogP contribution in [0.3, 0.4) is 0 Å². The van der Waals surface area contributed by atoms with E-state index in [0.717, 1.165) is 30.6 Å². The Morgan fingerprint density at radius 3 is 2.63 bits per heavy atom. The van der Waals surface area contributed by atoms with Crippen LogP contribution in [0.2, 0.25) is 0 Å². The average Bonchev–Trinajstić information content (AvgIpc) is 2.95. The van der Waals surface area contributed by atoms with E-state index in [0.29, 0.717) is 12.1 Å². The number of rotatable bonds is 2. The van der Waals surface area contributed by atoms with Crippen LogP contribution in [0, 0.1) is 0 Å². The van der Waals surface area contributed by atoms with Gasteiger partial charge in [-0.25, -0.2) is 0 Å². The number of hydrogen-bond acceptors (Lipinski definition) is 5. The number of nitrogens with zero attached hydrogens (tertiary/aromatic N) is 5. The molecule has 2 unspecified atom stereocenters. The van der Waals surface area contributed by atoms with Crippen molar-refractivity contribution in [3.8, 4) is 11.5 Å². The summed E-state index contributed by atoms with van der Waals surface area (Å²) in [6, 6.07) is 2.81. The van der Waals surface area contributed by atoms with Gasteiger partial charge in [-0.05, 0) is 19.9 Å². The van der Waals surface area contributed by atoms with Crippen molar-refractivity contribution in [3.05, 3.63) is 12.3 Å². The molecule has 0 spiro atoms. The molecule has 2 N–H and O–H groups in total. The minimum Gasteiger partial charge on any atom is -0.336 e. The molecule has 7 heteroatoms. The lowest BCUT2D eigenvalue weighted by atomic mass is 10.1. The normalized spacial score (nSPS) is 23.8. The number of hydrogen-bond donors (Lipinski definition) is 2. The maximum atomic E-state index is 4.54. The molecule has 0 saturated carbocycles. The number of nitrogens with one attached hydrogen (secondary N) is 2. The minimum absolute atomic E-state index is 0.445. The Bertz CT molecular complexity index is 548. The fraction of sp³-hybridized carbons (Fsp3) is 0.583. The second-order valence-electron chi connectivity index (χ2n) is 5.23. The van der Waals surface area contributed by atoms with E-state index in [4.69, 9.17) is 0 Å². The van der Waals surface area contributed by atoms with E-state index in [1.165, 1.54) is 0 Å². The Balaban J connectivity index is 1.81. The molecular formula is C12H19N7. The van der Waals surface area contributed by atoms with Crippen LogP contribution in [0.15, 0.2) is 12.3 Å². The molecule has 0 aliphatic carbocycles. The van der Waals surface area contributed by atoms with Gasteiger partial charge in [-0.15, -0.1) is 5.10 Å². The van der Waals surface area contributed by atoms with Gasteiger partial charge in [0.25, 0.3) is 0 Å². The molecule has 2 aromatic heterocycles. The highest BCUT2D eigenvalue weighted by atomic mass is 15.4. The van der Waals surface area contributed by atoms with Crippen molar-refractivity contribution in [2.24, 2.45) is 7.05 Å². The first-order valence-corrected chi connectivity index (χ1v) is 6.55. The molecule has 1 aliphatic rings. The fourth-order valence-corrected chi connectivity index (χ4v) is 2.54. The Morgan fingerprint density at radius 1 is 1.26 bits per heavy atom. The molecule has 3 heterocycles. The summed E-state index contributed by atoms with van der Waals surface area (Å²) in [5, 5.41) is 15.1. The number of aromatic amines is 1. The second kappa shape index (κ2) is 4.65. The minimum atomic E-state index is 0.445. The fourth-order valence-electron chi connectivity index (χ4n) is 2.54. The van der Waals surface area contributed by atoms with Gasteiger partial charge in [0.1, 0.15) is 5.69 Å². The van der Waals surface area contributed by atoms with Crippen LogP contribution in [0.1, 0.15) is 13.8 Å². The highest BCUT2D eigenvalue weighted by Crippen LogP contribution is 2.17. The van der Waals surface area contributed by atoms with Crippen LogP contribution >= 0.6 is 0 Å². The van der Waals surface area contributed by atoms with E-state index in [1.54, 1.807) is 4.68 Å². The summed E-state index contributed by atoms with van der Waals surface area (Å²) in [7, 11) is 1.89. The molecule has 102 valence electrons. The van der Waals surface area contributed by atoms with Gasteiger partial charge in [-0.1, -0.05) is 0 Å². The van der Waals surface area contributed by atoms with Gasteiger partial charge in [-0.3, -0.25) is 9.78 Å². The summed E-state index contributed by atoms with van der Waals surface area (Å²) in [6.07, 6.45) is 1.90. The SMILES string of the molecule is CC1CN(c2n[nH]c(-c3ccn(C)n3)n2)CC(C)N1. The molecule has 0 amide bonds. The third-order valence-electron chi connectivity index (χ3n) is 3.27. The topological polar surface area (TPSA) is 74.7 Å². The van der Waals surface area contributed by atoms with Gasteiger partial charge < -0.3 is 10.2 Å². The van der Waals surface area contributed by atoms with Crippen molar-refractivity contribution in [2.45, 2.75) is 25.9 Å². The van der Waals surface area contributed by atoms with Crippen LogP contribution in [-0.2, 0) is 7.05 Å². The van der Waals surface area contributed by atoms with E-state index in [-0.39, 0.29) is 0 Å². The van der Waals surface area contributed by atoms with E-state index in [1.807, 2.05) is 19.3 Å². The van der Waals surface area contributed by atoms with E-state index in [9.17, 15) is 0 Å². The Kier molecular flexibility index (Phi) is 2.98. The lowest BCUT2D eigenvalue weighted by Crippen LogP contribution is -2.54. The highest BCUT2D eigenvalue weighted by molar-refractivity contribution is 5.50. The van der Waals surface area contributed by atoms with Gasteiger partial charge in [0.15, 0.2) is 5.82 Å². The molecular weight excluding hydrogens is 242 g/mol. The summed E-state index contributed by atoms with van der Waals surface area (Å²) >= 11 is 0. The predicted molar refractivity (Wildman–Crippen MR) is 72.9 cm³/mol. The zero-order chi connectivity index (χ0) is 13.4. The Morgan fingerprint density at radius 2 is 2.00 bits per heavy atom. The van der Waals surface area contributed by atoms with Crippen LogP contribution in [0.4, 0.5) is 5.95 Å². The molecule has 0 bridgehead atoms.